The summed E-state index contributed by atoms with van der Waals surface area (Å²) in [5, 5.41) is 0.568. The molecule has 0 aliphatic heterocycles. The summed E-state index contributed by atoms with van der Waals surface area (Å²) in [5.41, 5.74) is 8.41. The number of hydrogen-bond donors (Lipinski definition) is 2. The van der Waals surface area contributed by atoms with Crippen molar-refractivity contribution in [3.05, 3.63) is 58.1 Å². The van der Waals surface area contributed by atoms with Gasteiger partial charge in [0, 0.05) is 11.6 Å². The Kier molecular flexibility index (Phi) is 4.56. The first-order chi connectivity index (χ1) is 9.81. The number of anilines is 1. The summed E-state index contributed by atoms with van der Waals surface area (Å²) in [6.07, 6.45) is 0. The zero-order valence-electron chi connectivity index (χ0n) is 11.9. The Bertz CT molecular complexity index is 773. The SMILES string of the molecule is Cc1ccc(N)c(S(=O)(=O)NCc2cccc(Cl)c2)c1C. The molecule has 4 nitrogen and oxygen atoms in total. The van der Waals surface area contributed by atoms with Crippen LogP contribution in [0.1, 0.15) is 16.7 Å². The summed E-state index contributed by atoms with van der Waals surface area (Å²) in [4.78, 5) is 0.143. The molecule has 0 saturated heterocycles. The molecule has 2 rings (SSSR count). The number of aryl methyl sites for hydroxylation is 1. The third kappa shape index (κ3) is 3.56. The fourth-order valence-corrected chi connectivity index (χ4v) is 3.72. The first kappa shape index (κ1) is 15.8. The average molecular weight is 325 g/mol. The van der Waals surface area contributed by atoms with Gasteiger partial charge in [0.25, 0.3) is 0 Å². The molecule has 6 heteroatoms. The summed E-state index contributed by atoms with van der Waals surface area (Å²) < 4.78 is 27.5. The van der Waals surface area contributed by atoms with Gasteiger partial charge in [-0.15, -0.1) is 0 Å². The first-order valence-corrected chi connectivity index (χ1v) is 8.27. The molecule has 0 spiro atoms. The van der Waals surface area contributed by atoms with Gasteiger partial charge in [-0.1, -0.05) is 29.8 Å². The lowest BCUT2D eigenvalue weighted by molar-refractivity contribution is 0.581. The average Bonchev–Trinajstić information content (AvgIpc) is 2.41. The Labute approximate surface area is 130 Å². The zero-order valence-corrected chi connectivity index (χ0v) is 13.4. The monoisotopic (exact) mass is 324 g/mol. The molecule has 2 aromatic carbocycles. The van der Waals surface area contributed by atoms with Crippen molar-refractivity contribution in [2.45, 2.75) is 25.3 Å². The molecule has 0 heterocycles. The molecule has 0 saturated carbocycles. The van der Waals surface area contributed by atoms with Crippen LogP contribution in [0, 0.1) is 13.8 Å². The maximum atomic E-state index is 12.5. The van der Waals surface area contributed by atoms with Crippen LogP contribution in [0.4, 0.5) is 5.69 Å². The van der Waals surface area contributed by atoms with Gasteiger partial charge < -0.3 is 5.73 Å². The van der Waals surface area contributed by atoms with Gasteiger partial charge in [-0.25, -0.2) is 13.1 Å². The smallest absolute Gasteiger partial charge is 0.243 e. The number of halogens is 1. The number of nitrogens with two attached hydrogens (primary N) is 1. The van der Waals surface area contributed by atoms with Crippen LogP contribution in [0.15, 0.2) is 41.3 Å². The van der Waals surface area contributed by atoms with Gasteiger partial charge >= 0.3 is 0 Å². The number of nitrogen functional groups attached to an aromatic ring is 1. The number of rotatable bonds is 4. The van der Waals surface area contributed by atoms with Crippen LogP contribution in [-0.2, 0) is 16.6 Å². The number of sulfonamides is 1. The van der Waals surface area contributed by atoms with E-state index in [9.17, 15) is 8.42 Å². The highest BCUT2D eigenvalue weighted by atomic mass is 35.5. The molecule has 3 N–H and O–H groups in total. The fraction of sp³-hybridized carbons (Fsp3) is 0.200. The van der Waals surface area contributed by atoms with Crippen LogP contribution in [0.3, 0.4) is 0 Å². The second-order valence-corrected chi connectivity index (χ2v) is 7.02. The third-order valence-electron chi connectivity index (χ3n) is 3.33. The van der Waals surface area contributed by atoms with Crippen LogP contribution in [0.25, 0.3) is 0 Å². The molecule has 0 unspecified atom stereocenters. The van der Waals surface area contributed by atoms with Crippen LogP contribution < -0.4 is 10.5 Å². The van der Waals surface area contributed by atoms with Gasteiger partial charge in [0.1, 0.15) is 4.90 Å². The molecule has 0 aliphatic rings. The molecule has 0 bridgehead atoms. The standard InChI is InChI=1S/C15H17ClN2O2S/c1-10-6-7-14(17)15(11(10)2)21(19,20)18-9-12-4-3-5-13(16)8-12/h3-8,18H,9,17H2,1-2H3. The highest BCUT2D eigenvalue weighted by Crippen LogP contribution is 2.25. The van der Waals surface area contributed by atoms with E-state index in [0.717, 1.165) is 11.1 Å². The van der Waals surface area contributed by atoms with Gasteiger partial charge in [-0.2, -0.15) is 0 Å². The Balaban J connectivity index is 2.29. The summed E-state index contributed by atoms with van der Waals surface area (Å²) >= 11 is 5.89. The second kappa shape index (κ2) is 6.05. The van der Waals surface area contributed by atoms with E-state index in [2.05, 4.69) is 4.72 Å². The Morgan fingerprint density at radius 3 is 2.57 bits per heavy atom. The van der Waals surface area contributed by atoms with E-state index in [4.69, 9.17) is 17.3 Å². The van der Waals surface area contributed by atoms with E-state index in [1.165, 1.54) is 0 Å². The summed E-state index contributed by atoms with van der Waals surface area (Å²) in [5.74, 6) is 0. The lowest BCUT2D eigenvalue weighted by Gasteiger charge is -2.13. The quantitative estimate of drug-likeness (QED) is 0.849. The first-order valence-electron chi connectivity index (χ1n) is 6.41. The minimum atomic E-state index is -3.67. The highest BCUT2D eigenvalue weighted by Gasteiger charge is 2.20. The Morgan fingerprint density at radius 2 is 1.90 bits per heavy atom. The van der Waals surface area contributed by atoms with Crippen LogP contribution >= 0.6 is 11.6 Å². The fourth-order valence-electron chi connectivity index (χ4n) is 2.07. The minimum Gasteiger partial charge on any atom is -0.398 e. The molecule has 0 amide bonds. The molecule has 0 fully saturated rings. The van der Waals surface area contributed by atoms with Crippen LogP contribution in [0.5, 0.6) is 0 Å². The largest absolute Gasteiger partial charge is 0.398 e. The normalized spacial score (nSPS) is 11.6. The maximum absolute atomic E-state index is 12.5. The minimum absolute atomic E-state index is 0.143. The predicted molar refractivity (Wildman–Crippen MR) is 85.8 cm³/mol. The lowest BCUT2D eigenvalue weighted by Crippen LogP contribution is -2.25. The molecular formula is C15H17ClN2O2S. The molecule has 0 aromatic heterocycles. The summed E-state index contributed by atoms with van der Waals surface area (Å²) in [6.45, 7) is 3.76. The van der Waals surface area contributed by atoms with Crippen LogP contribution in [0.2, 0.25) is 5.02 Å². The van der Waals surface area contributed by atoms with Crippen molar-refractivity contribution in [3.8, 4) is 0 Å². The molecule has 0 atom stereocenters. The topological polar surface area (TPSA) is 72.2 Å². The summed E-state index contributed by atoms with van der Waals surface area (Å²) in [7, 11) is -3.67. The highest BCUT2D eigenvalue weighted by molar-refractivity contribution is 7.89. The third-order valence-corrected chi connectivity index (χ3v) is 5.17. The van der Waals surface area contributed by atoms with E-state index >= 15 is 0 Å². The zero-order chi connectivity index (χ0) is 15.6. The van der Waals surface area contributed by atoms with Gasteiger partial charge in [-0.3, -0.25) is 0 Å². The van der Waals surface area contributed by atoms with Crippen molar-refractivity contribution in [3.63, 3.8) is 0 Å². The van der Waals surface area contributed by atoms with E-state index in [0.29, 0.717) is 10.6 Å². The van der Waals surface area contributed by atoms with Crippen molar-refractivity contribution in [1.82, 2.24) is 4.72 Å². The van der Waals surface area contributed by atoms with Gasteiger partial charge in [0.15, 0.2) is 0 Å². The lowest BCUT2D eigenvalue weighted by atomic mass is 10.1. The van der Waals surface area contributed by atoms with Crippen molar-refractivity contribution in [1.29, 1.82) is 0 Å². The van der Waals surface area contributed by atoms with E-state index in [-0.39, 0.29) is 17.1 Å². The summed E-state index contributed by atoms with van der Waals surface area (Å²) in [6, 6.07) is 10.5. The van der Waals surface area contributed by atoms with Crippen molar-refractivity contribution < 1.29 is 8.42 Å². The van der Waals surface area contributed by atoms with Crippen molar-refractivity contribution in [2.75, 3.05) is 5.73 Å². The van der Waals surface area contributed by atoms with Crippen molar-refractivity contribution in [2.24, 2.45) is 0 Å². The van der Waals surface area contributed by atoms with E-state index in [1.54, 1.807) is 43.3 Å². The van der Waals surface area contributed by atoms with Gasteiger partial charge in [0.05, 0.1) is 5.69 Å². The van der Waals surface area contributed by atoms with Crippen molar-refractivity contribution >= 4 is 27.3 Å². The molecule has 0 aliphatic carbocycles. The Hall–Kier alpha value is -1.56. The van der Waals surface area contributed by atoms with E-state index in [1.807, 2.05) is 6.92 Å². The molecule has 2 aromatic rings. The Morgan fingerprint density at radius 1 is 1.19 bits per heavy atom. The predicted octanol–water partition coefficient (Wildman–Crippen LogP) is 3.02. The number of hydrogen-bond acceptors (Lipinski definition) is 3. The molecule has 112 valence electrons. The number of benzene rings is 2. The maximum Gasteiger partial charge on any atom is 0.243 e. The molecule has 21 heavy (non-hydrogen) atoms. The van der Waals surface area contributed by atoms with Gasteiger partial charge in [-0.05, 0) is 48.7 Å². The van der Waals surface area contributed by atoms with Gasteiger partial charge in [0.2, 0.25) is 10.0 Å². The number of nitrogens with one attached hydrogen (secondary N) is 1. The molecular weight excluding hydrogens is 308 g/mol. The van der Waals surface area contributed by atoms with E-state index < -0.39 is 10.0 Å². The molecule has 0 radical (unpaired) electrons. The second-order valence-electron chi connectivity index (χ2n) is 4.88. The van der Waals surface area contributed by atoms with Crippen LogP contribution in [-0.4, -0.2) is 8.42 Å².